The molecule has 0 fully saturated rings. The highest BCUT2D eigenvalue weighted by molar-refractivity contribution is 5.88. The number of nitrogens with two attached hydrogens (primary N) is 1. The summed E-state index contributed by atoms with van der Waals surface area (Å²) >= 11 is 0. The molecular weight excluding hydrogens is 204 g/mol. The summed E-state index contributed by atoms with van der Waals surface area (Å²) in [6, 6.07) is 7.07. The second kappa shape index (κ2) is 5.56. The summed E-state index contributed by atoms with van der Waals surface area (Å²) in [7, 11) is 0. The van der Waals surface area contributed by atoms with E-state index in [4.69, 9.17) is 15.7 Å². The Morgan fingerprint density at radius 2 is 2.38 bits per heavy atom. The number of nitrogens with zero attached hydrogens (tertiary/aromatic N) is 1. The molecule has 1 rings (SSSR count). The van der Waals surface area contributed by atoms with Gasteiger partial charge in [0, 0.05) is 6.08 Å². The zero-order valence-corrected chi connectivity index (χ0v) is 8.93. The number of benzene rings is 1. The van der Waals surface area contributed by atoms with Crippen molar-refractivity contribution < 1.29 is 9.53 Å². The Kier molecular flexibility index (Phi) is 4.10. The van der Waals surface area contributed by atoms with Gasteiger partial charge in [-0.1, -0.05) is 12.1 Å². The van der Waals surface area contributed by atoms with Crippen molar-refractivity contribution in [3.63, 3.8) is 0 Å². The first kappa shape index (κ1) is 11.8. The van der Waals surface area contributed by atoms with E-state index in [1.807, 2.05) is 6.07 Å². The van der Waals surface area contributed by atoms with E-state index in [2.05, 4.69) is 0 Å². The molecule has 0 aromatic heterocycles. The molecule has 0 heterocycles. The fourth-order valence-corrected chi connectivity index (χ4v) is 1.20. The minimum atomic E-state index is -0.436. The fourth-order valence-electron chi connectivity index (χ4n) is 1.20. The minimum Gasteiger partial charge on any atom is -0.463 e. The normalized spacial score (nSPS) is 10.0. The van der Waals surface area contributed by atoms with Gasteiger partial charge in [0.25, 0.3) is 0 Å². The van der Waals surface area contributed by atoms with Crippen LogP contribution in [-0.4, -0.2) is 12.6 Å². The molecule has 0 amide bonds. The maximum Gasteiger partial charge on any atom is 0.330 e. The number of hydrogen-bond acceptors (Lipinski definition) is 4. The standard InChI is InChI=1S/C12H12N2O2/c1-2-16-12(15)7-6-9-4-3-5-11(14)10(9)8-13/h3-7H,2,14H2,1H3. The molecule has 0 aliphatic carbocycles. The minimum absolute atomic E-state index is 0.325. The molecule has 2 N–H and O–H groups in total. The molecule has 0 saturated heterocycles. The van der Waals surface area contributed by atoms with Crippen LogP contribution in [0.25, 0.3) is 6.08 Å². The van der Waals surface area contributed by atoms with Gasteiger partial charge in [0.05, 0.1) is 17.9 Å². The van der Waals surface area contributed by atoms with Gasteiger partial charge < -0.3 is 10.5 Å². The largest absolute Gasteiger partial charge is 0.463 e. The molecule has 0 aliphatic heterocycles. The first-order valence-electron chi connectivity index (χ1n) is 4.82. The van der Waals surface area contributed by atoms with Gasteiger partial charge in [0.15, 0.2) is 0 Å². The van der Waals surface area contributed by atoms with E-state index in [1.54, 1.807) is 25.1 Å². The predicted octanol–water partition coefficient (Wildman–Crippen LogP) is 1.72. The molecule has 0 spiro atoms. The molecule has 0 radical (unpaired) electrons. The highest BCUT2D eigenvalue weighted by atomic mass is 16.5. The number of ether oxygens (including phenoxy) is 1. The maximum absolute atomic E-state index is 11.1. The van der Waals surface area contributed by atoms with Gasteiger partial charge in [-0.25, -0.2) is 4.79 Å². The van der Waals surface area contributed by atoms with Crippen molar-refractivity contribution in [2.24, 2.45) is 0 Å². The van der Waals surface area contributed by atoms with E-state index >= 15 is 0 Å². The van der Waals surface area contributed by atoms with Gasteiger partial charge in [-0.2, -0.15) is 5.26 Å². The van der Waals surface area contributed by atoms with Crippen LogP contribution in [0.2, 0.25) is 0 Å². The molecular formula is C12H12N2O2. The summed E-state index contributed by atoms with van der Waals surface area (Å²) in [5.74, 6) is -0.436. The Morgan fingerprint density at radius 1 is 1.62 bits per heavy atom. The van der Waals surface area contributed by atoms with E-state index in [0.29, 0.717) is 23.4 Å². The third-order valence-corrected chi connectivity index (χ3v) is 1.93. The number of rotatable bonds is 3. The second-order valence-electron chi connectivity index (χ2n) is 3.01. The molecule has 16 heavy (non-hydrogen) atoms. The maximum atomic E-state index is 11.1. The summed E-state index contributed by atoms with van der Waals surface area (Å²) in [6.07, 6.45) is 2.80. The van der Waals surface area contributed by atoms with Crippen LogP contribution in [0.1, 0.15) is 18.1 Å². The third-order valence-electron chi connectivity index (χ3n) is 1.93. The fraction of sp³-hybridized carbons (Fsp3) is 0.167. The Hall–Kier alpha value is -2.28. The SMILES string of the molecule is CCOC(=O)C=Cc1cccc(N)c1C#N. The lowest BCUT2D eigenvalue weighted by molar-refractivity contribution is -0.137. The third kappa shape index (κ3) is 2.85. The lowest BCUT2D eigenvalue weighted by Gasteiger charge is -2.01. The molecule has 4 nitrogen and oxygen atoms in total. The van der Waals surface area contributed by atoms with Gasteiger partial charge in [-0.15, -0.1) is 0 Å². The highest BCUT2D eigenvalue weighted by Gasteiger charge is 2.03. The second-order valence-corrected chi connectivity index (χ2v) is 3.01. The van der Waals surface area contributed by atoms with Gasteiger partial charge in [0.2, 0.25) is 0 Å². The number of nitriles is 1. The number of anilines is 1. The van der Waals surface area contributed by atoms with Gasteiger partial charge in [-0.3, -0.25) is 0 Å². The van der Waals surface area contributed by atoms with Crippen LogP contribution in [0.4, 0.5) is 5.69 Å². The van der Waals surface area contributed by atoms with Crippen molar-refractivity contribution in [1.82, 2.24) is 0 Å². The molecule has 1 aromatic rings. The van der Waals surface area contributed by atoms with E-state index in [0.717, 1.165) is 0 Å². The van der Waals surface area contributed by atoms with Crippen LogP contribution in [0.5, 0.6) is 0 Å². The molecule has 4 heteroatoms. The van der Waals surface area contributed by atoms with E-state index in [9.17, 15) is 4.79 Å². The van der Waals surface area contributed by atoms with Crippen molar-refractivity contribution in [2.45, 2.75) is 6.92 Å². The topological polar surface area (TPSA) is 76.1 Å². The first-order chi connectivity index (χ1) is 7.69. The lowest BCUT2D eigenvalue weighted by Crippen LogP contribution is -1.99. The first-order valence-corrected chi connectivity index (χ1v) is 4.82. The predicted molar refractivity (Wildman–Crippen MR) is 61.2 cm³/mol. The van der Waals surface area contributed by atoms with Crippen molar-refractivity contribution in [1.29, 1.82) is 5.26 Å². The molecule has 0 unspecified atom stereocenters. The number of carbonyl (C=O) groups is 1. The van der Waals surface area contributed by atoms with Crippen LogP contribution < -0.4 is 5.73 Å². The van der Waals surface area contributed by atoms with Crippen LogP contribution >= 0.6 is 0 Å². The molecule has 0 aliphatic rings. The zero-order chi connectivity index (χ0) is 12.0. The monoisotopic (exact) mass is 216 g/mol. The quantitative estimate of drug-likeness (QED) is 0.474. The van der Waals surface area contributed by atoms with Gasteiger partial charge >= 0.3 is 5.97 Å². The van der Waals surface area contributed by atoms with Crippen LogP contribution in [-0.2, 0) is 9.53 Å². The summed E-state index contributed by atoms with van der Waals surface area (Å²) < 4.78 is 4.73. The van der Waals surface area contributed by atoms with Gasteiger partial charge in [0.1, 0.15) is 6.07 Å². The van der Waals surface area contributed by atoms with Crippen molar-refractivity contribution >= 4 is 17.7 Å². The lowest BCUT2D eigenvalue weighted by atomic mass is 10.1. The number of nitrogen functional groups attached to an aromatic ring is 1. The number of carbonyl (C=O) groups excluding carboxylic acids is 1. The summed E-state index contributed by atoms with van der Waals surface area (Å²) in [6.45, 7) is 2.05. The van der Waals surface area contributed by atoms with Crippen molar-refractivity contribution in [2.75, 3.05) is 12.3 Å². The van der Waals surface area contributed by atoms with Crippen LogP contribution in [0, 0.1) is 11.3 Å². The highest BCUT2D eigenvalue weighted by Crippen LogP contribution is 2.16. The van der Waals surface area contributed by atoms with E-state index < -0.39 is 5.97 Å². The van der Waals surface area contributed by atoms with Crippen molar-refractivity contribution in [3.05, 3.63) is 35.4 Å². The Balaban J connectivity index is 2.94. The van der Waals surface area contributed by atoms with Gasteiger partial charge in [-0.05, 0) is 24.6 Å². The van der Waals surface area contributed by atoms with Crippen LogP contribution in [0.3, 0.4) is 0 Å². The Bertz CT molecular complexity index is 459. The number of hydrogen-bond donors (Lipinski definition) is 1. The zero-order valence-electron chi connectivity index (χ0n) is 8.93. The Labute approximate surface area is 93.9 Å². The van der Waals surface area contributed by atoms with E-state index in [1.165, 1.54) is 12.2 Å². The Morgan fingerprint density at radius 3 is 3.00 bits per heavy atom. The summed E-state index contributed by atoms with van der Waals surface area (Å²) in [5, 5.41) is 8.89. The molecule has 1 aromatic carbocycles. The van der Waals surface area contributed by atoms with Crippen LogP contribution in [0.15, 0.2) is 24.3 Å². The molecule has 0 bridgehead atoms. The smallest absolute Gasteiger partial charge is 0.330 e. The summed E-state index contributed by atoms with van der Waals surface area (Å²) in [5.41, 5.74) is 6.99. The van der Waals surface area contributed by atoms with E-state index in [-0.39, 0.29) is 0 Å². The average Bonchev–Trinajstić information content (AvgIpc) is 2.27. The molecule has 82 valence electrons. The molecule has 0 atom stereocenters. The van der Waals surface area contributed by atoms with Crippen molar-refractivity contribution in [3.8, 4) is 6.07 Å². The molecule has 0 saturated carbocycles. The number of esters is 1. The average molecular weight is 216 g/mol. The summed E-state index contributed by atoms with van der Waals surface area (Å²) in [4.78, 5) is 11.1.